The van der Waals surface area contributed by atoms with Gasteiger partial charge in [0, 0.05) is 38.4 Å². The molecule has 0 saturated carbocycles. The summed E-state index contributed by atoms with van der Waals surface area (Å²) < 4.78 is 0. The van der Waals surface area contributed by atoms with E-state index in [-0.39, 0.29) is 5.91 Å². The van der Waals surface area contributed by atoms with Crippen molar-refractivity contribution < 1.29 is 4.79 Å². The molecule has 2 aliphatic rings. The number of nitrogens with one attached hydrogen (secondary N) is 1. The number of anilines is 1. The minimum absolute atomic E-state index is 0.125. The number of amides is 1. The van der Waals surface area contributed by atoms with Crippen LogP contribution in [0.3, 0.4) is 0 Å². The summed E-state index contributed by atoms with van der Waals surface area (Å²) in [6, 6.07) is 4.30. The largest absolute Gasteiger partial charge is 0.357 e. The molecular weight excluding hydrogens is 300 g/mol. The second-order valence-corrected chi connectivity index (χ2v) is 6.95. The fourth-order valence-corrected chi connectivity index (χ4v) is 3.76. The van der Waals surface area contributed by atoms with Gasteiger partial charge in [-0.25, -0.2) is 4.98 Å². The summed E-state index contributed by atoms with van der Waals surface area (Å²) >= 11 is 0. The van der Waals surface area contributed by atoms with E-state index in [1.165, 1.54) is 25.7 Å². The monoisotopic (exact) mass is 330 g/mol. The lowest BCUT2D eigenvalue weighted by molar-refractivity contribution is 0.0692. The maximum atomic E-state index is 12.9. The van der Waals surface area contributed by atoms with Crippen molar-refractivity contribution in [3.63, 3.8) is 0 Å². The topological polar surface area (TPSA) is 48.5 Å². The molecule has 1 unspecified atom stereocenters. The lowest BCUT2D eigenvalue weighted by Gasteiger charge is -2.28. The van der Waals surface area contributed by atoms with Crippen LogP contribution in [0.2, 0.25) is 0 Å². The van der Waals surface area contributed by atoms with Crippen molar-refractivity contribution >= 4 is 11.7 Å². The lowest BCUT2D eigenvalue weighted by atomic mass is 10.1. The Hall–Kier alpha value is -1.62. The summed E-state index contributed by atoms with van der Waals surface area (Å²) in [7, 11) is 0. The predicted octanol–water partition coefficient (Wildman–Crippen LogP) is 2.68. The molecule has 3 rings (SSSR count). The second-order valence-electron chi connectivity index (χ2n) is 6.95. The summed E-state index contributed by atoms with van der Waals surface area (Å²) in [5, 5.41) is 3.36. The van der Waals surface area contributed by atoms with Gasteiger partial charge in [-0.05, 0) is 44.4 Å². The minimum Gasteiger partial charge on any atom is -0.357 e. The number of aromatic nitrogens is 1. The Bertz CT molecular complexity index is 517. The van der Waals surface area contributed by atoms with Gasteiger partial charge in [0.05, 0.1) is 5.56 Å². The number of hydrogen-bond donors (Lipinski definition) is 1. The molecule has 2 saturated heterocycles. The maximum absolute atomic E-state index is 12.9. The fraction of sp³-hybridized carbons (Fsp3) is 0.684. The van der Waals surface area contributed by atoms with E-state index in [1.54, 1.807) is 6.20 Å². The number of pyridine rings is 1. The molecule has 3 heterocycles. The van der Waals surface area contributed by atoms with Crippen LogP contribution in [-0.2, 0) is 0 Å². The summed E-state index contributed by atoms with van der Waals surface area (Å²) in [5.74, 6) is 1.14. The third kappa shape index (κ3) is 4.07. The zero-order valence-electron chi connectivity index (χ0n) is 14.8. The third-order valence-electron chi connectivity index (χ3n) is 5.13. The van der Waals surface area contributed by atoms with Crippen LogP contribution >= 0.6 is 0 Å². The molecular formula is C19H30N4O. The maximum Gasteiger partial charge on any atom is 0.255 e. The van der Waals surface area contributed by atoms with E-state index in [1.807, 2.05) is 17.0 Å². The van der Waals surface area contributed by atoms with Gasteiger partial charge in [-0.1, -0.05) is 19.8 Å². The van der Waals surface area contributed by atoms with Gasteiger partial charge in [0.15, 0.2) is 0 Å². The highest BCUT2D eigenvalue weighted by atomic mass is 16.2. The van der Waals surface area contributed by atoms with Crippen LogP contribution in [0.1, 0.15) is 55.8 Å². The summed E-state index contributed by atoms with van der Waals surface area (Å²) in [6.45, 7) is 7.02. The van der Waals surface area contributed by atoms with Gasteiger partial charge in [-0.15, -0.1) is 0 Å². The molecule has 132 valence electrons. The van der Waals surface area contributed by atoms with Gasteiger partial charge in [0.1, 0.15) is 5.82 Å². The van der Waals surface area contributed by atoms with Crippen molar-refractivity contribution in [2.45, 2.75) is 51.5 Å². The van der Waals surface area contributed by atoms with E-state index in [2.05, 4.69) is 22.1 Å². The molecule has 2 aliphatic heterocycles. The minimum atomic E-state index is 0.125. The van der Waals surface area contributed by atoms with Crippen LogP contribution in [0.25, 0.3) is 0 Å². The Balaban J connectivity index is 1.69. The van der Waals surface area contributed by atoms with E-state index >= 15 is 0 Å². The fourth-order valence-electron chi connectivity index (χ4n) is 3.76. The van der Waals surface area contributed by atoms with Crippen LogP contribution in [0.15, 0.2) is 18.3 Å². The molecule has 0 aromatic carbocycles. The number of rotatable bonds is 5. The normalized spacial score (nSPS) is 21.5. The van der Waals surface area contributed by atoms with Crippen molar-refractivity contribution in [2.75, 3.05) is 37.6 Å². The van der Waals surface area contributed by atoms with Gasteiger partial charge in [-0.3, -0.25) is 4.79 Å². The standard InChI is InChI=1S/C19H30N4O/c1-2-11-23(17-9-10-20-15-17)19(24)16-7-8-18(21-14-16)22-12-5-3-4-6-13-22/h7-8,14,17,20H,2-6,9-13,15H2,1H3. The first-order valence-electron chi connectivity index (χ1n) is 9.52. The number of hydrogen-bond acceptors (Lipinski definition) is 4. The van der Waals surface area contributed by atoms with Crippen LogP contribution in [0.5, 0.6) is 0 Å². The molecule has 5 nitrogen and oxygen atoms in total. The van der Waals surface area contributed by atoms with Crippen molar-refractivity contribution in [1.82, 2.24) is 15.2 Å². The number of carbonyl (C=O) groups excluding carboxylic acids is 1. The highest BCUT2D eigenvalue weighted by molar-refractivity contribution is 5.94. The molecule has 0 spiro atoms. The van der Waals surface area contributed by atoms with Gasteiger partial charge in [0.2, 0.25) is 0 Å². The summed E-state index contributed by atoms with van der Waals surface area (Å²) in [6.07, 6.45) is 8.91. The lowest BCUT2D eigenvalue weighted by Crippen LogP contribution is -2.42. The van der Waals surface area contributed by atoms with Crippen molar-refractivity contribution in [1.29, 1.82) is 0 Å². The quantitative estimate of drug-likeness (QED) is 0.902. The predicted molar refractivity (Wildman–Crippen MR) is 97.5 cm³/mol. The molecule has 1 N–H and O–H groups in total. The molecule has 5 heteroatoms. The number of carbonyl (C=O) groups is 1. The molecule has 0 radical (unpaired) electrons. The first-order valence-corrected chi connectivity index (χ1v) is 9.52. The van der Waals surface area contributed by atoms with Gasteiger partial charge >= 0.3 is 0 Å². The Morgan fingerprint density at radius 1 is 1.29 bits per heavy atom. The highest BCUT2D eigenvalue weighted by Crippen LogP contribution is 2.19. The molecule has 0 aliphatic carbocycles. The Morgan fingerprint density at radius 3 is 2.67 bits per heavy atom. The Morgan fingerprint density at radius 2 is 2.08 bits per heavy atom. The van der Waals surface area contributed by atoms with Crippen molar-refractivity contribution in [2.24, 2.45) is 0 Å². The van der Waals surface area contributed by atoms with E-state index in [0.717, 1.165) is 51.4 Å². The van der Waals surface area contributed by atoms with Crippen molar-refractivity contribution in [3.8, 4) is 0 Å². The van der Waals surface area contributed by atoms with E-state index in [0.29, 0.717) is 11.6 Å². The van der Waals surface area contributed by atoms with Gasteiger partial charge in [0.25, 0.3) is 5.91 Å². The molecule has 1 aromatic rings. The molecule has 1 aromatic heterocycles. The first kappa shape index (κ1) is 17.2. The third-order valence-corrected chi connectivity index (χ3v) is 5.13. The van der Waals surface area contributed by atoms with Gasteiger partial charge < -0.3 is 15.1 Å². The van der Waals surface area contributed by atoms with Crippen LogP contribution in [0.4, 0.5) is 5.82 Å². The molecule has 2 fully saturated rings. The SMILES string of the molecule is CCCN(C(=O)c1ccc(N2CCCCCC2)nc1)C1CCNC1. The van der Waals surface area contributed by atoms with Crippen molar-refractivity contribution in [3.05, 3.63) is 23.9 Å². The average molecular weight is 330 g/mol. The van der Waals surface area contributed by atoms with Crippen LogP contribution < -0.4 is 10.2 Å². The van der Waals surface area contributed by atoms with Crippen LogP contribution in [-0.4, -0.2) is 54.6 Å². The zero-order valence-corrected chi connectivity index (χ0v) is 14.8. The average Bonchev–Trinajstić information content (AvgIpc) is 3.01. The molecule has 1 atom stereocenters. The summed E-state index contributed by atoms with van der Waals surface area (Å²) in [5.41, 5.74) is 0.717. The Labute approximate surface area is 145 Å². The molecule has 24 heavy (non-hydrogen) atoms. The van der Waals surface area contributed by atoms with Crippen LogP contribution in [0, 0.1) is 0 Å². The zero-order chi connectivity index (χ0) is 16.8. The molecule has 1 amide bonds. The van der Waals surface area contributed by atoms with E-state index in [9.17, 15) is 4.79 Å². The number of nitrogens with zero attached hydrogens (tertiary/aromatic N) is 3. The first-order chi connectivity index (χ1) is 11.8. The highest BCUT2D eigenvalue weighted by Gasteiger charge is 2.26. The Kier molecular flexibility index (Phi) is 6.07. The van der Waals surface area contributed by atoms with E-state index < -0.39 is 0 Å². The summed E-state index contributed by atoms with van der Waals surface area (Å²) in [4.78, 5) is 21.9. The second kappa shape index (κ2) is 8.47. The van der Waals surface area contributed by atoms with E-state index in [4.69, 9.17) is 0 Å². The molecule has 0 bridgehead atoms. The smallest absolute Gasteiger partial charge is 0.255 e. The van der Waals surface area contributed by atoms with Gasteiger partial charge in [-0.2, -0.15) is 0 Å².